The molecule has 2 rings (SSSR count). The number of aliphatic imine (C=N–C) groups is 1. The van der Waals surface area contributed by atoms with Crippen LogP contribution >= 0.6 is 0 Å². The third kappa shape index (κ3) is 1.43. The van der Waals surface area contributed by atoms with Crippen molar-refractivity contribution in [3.05, 3.63) is 12.4 Å². The predicted octanol–water partition coefficient (Wildman–Crippen LogP) is 0.855. The minimum Gasteiger partial charge on any atom is -0.306 e. The molecule has 3 nitrogen and oxygen atoms in total. The molecular formula is C8H13N3. The first-order valence-electron chi connectivity index (χ1n) is 4.16. The smallest absolute Gasteiger partial charge is 0.0693 e. The van der Waals surface area contributed by atoms with Gasteiger partial charge in [-0.2, -0.15) is 0 Å². The molecule has 0 N–H and O–H groups in total. The Morgan fingerprint density at radius 3 is 2.64 bits per heavy atom. The Bertz CT molecular complexity index is 180. The van der Waals surface area contributed by atoms with E-state index in [-0.39, 0.29) is 0 Å². The first kappa shape index (κ1) is 6.85. The van der Waals surface area contributed by atoms with Gasteiger partial charge in [-0.25, -0.2) is 5.01 Å². The minimum atomic E-state index is 0.941. The molecule has 1 fully saturated rings. The van der Waals surface area contributed by atoms with Crippen molar-refractivity contribution in [2.75, 3.05) is 19.6 Å². The molecule has 0 unspecified atom stereocenters. The van der Waals surface area contributed by atoms with E-state index in [4.69, 9.17) is 0 Å². The summed E-state index contributed by atoms with van der Waals surface area (Å²) < 4.78 is 0. The Morgan fingerprint density at radius 2 is 2.00 bits per heavy atom. The summed E-state index contributed by atoms with van der Waals surface area (Å²) in [5.74, 6) is 0. The Kier molecular flexibility index (Phi) is 1.90. The Balaban J connectivity index is 1.94. The average molecular weight is 151 g/mol. The van der Waals surface area contributed by atoms with Gasteiger partial charge in [0.25, 0.3) is 0 Å². The van der Waals surface area contributed by atoms with Crippen molar-refractivity contribution in [2.45, 2.75) is 12.8 Å². The second-order valence-electron chi connectivity index (χ2n) is 2.91. The number of rotatable bonds is 1. The molecule has 0 aromatic carbocycles. The van der Waals surface area contributed by atoms with Gasteiger partial charge >= 0.3 is 0 Å². The van der Waals surface area contributed by atoms with E-state index in [1.807, 2.05) is 18.6 Å². The highest BCUT2D eigenvalue weighted by atomic mass is 15.6. The highest BCUT2D eigenvalue weighted by Crippen LogP contribution is 2.11. The van der Waals surface area contributed by atoms with Gasteiger partial charge in [0.1, 0.15) is 0 Å². The van der Waals surface area contributed by atoms with Crippen molar-refractivity contribution >= 4 is 6.21 Å². The van der Waals surface area contributed by atoms with Gasteiger partial charge in [-0.15, -0.1) is 0 Å². The number of hydrazine groups is 1. The number of hydrogen-bond donors (Lipinski definition) is 0. The maximum atomic E-state index is 4.02. The van der Waals surface area contributed by atoms with Crippen molar-refractivity contribution in [1.29, 1.82) is 0 Å². The van der Waals surface area contributed by atoms with E-state index in [1.165, 1.54) is 25.9 Å². The van der Waals surface area contributed by atoms with E-state index in [2.05, 4.69) is 15.0 Å². The molecule has 1 saturated heterocycles. The zero-order valence-electron chi connectivity index (χ0n) is 6.61. The molecule has 0 spiro atoms. The molecule has 0 bridgehead atoms. The van der Waals surface area contributed by atoms with Crippen LogP contribution < -0.4 is 0 Å². The van der Waals surface area contributed by atoms with Crippen LogP contribution in [-0.4, -0.2) is 35.9 Å². The lowest BCUT2D eigenvalue weighted by molar-refractivity contribution is 0.0651. The van der Waals surface area contributed by atoms with Gasteiger partial charge in [0.05, 0.1) is 6.54 Å². The zero-order valence-corrected chi connectivity index (χ0v) is 6.61. The van der Waals surface area contributed by atoms with Crippen LogP contribution in [0, 0.1) is 0 Å². The summed E-state index contributed by atoms with van der Waals surface area (Å²) in [6, 6.07) is 0. The molecule has 2 aliphatic heterocycles. The van der Waals surface area contributed by atoms with Gasteiger partial charge in [-0.05, 0) is 12.8 Å². The van der Waals surface area contributed by atoms with Gasteiger partial charge < -0.3 is 5.01 Å². The largest absolute Gasteiger partial charge is 0.306 e. The maximum Gasteiger partial charge on any atom is 0.0693 e. The fourth-order valence-electron chi connectivity index (χ4n) is 1.54. The normalized spacial score (nSPS) is 24.9. The highest BCUT2D eigenvalue weighted by molar-refractivity contribution is 5.61. The summed E-state index contributed by atoms with van der Waals surface area (Å²) in [6.45, 7) is 3.35. The van der Waals surface area contributed by atoms with Gasteiger partial charge in [0.2, 0.25) is 0 Å². The summed E-state index contributed by atoms with van der Waals surface area (Å²) in [6.07, 6.45) is 8.51. The van der Waals surface area contributed by atoms with Crippen molar-refractivity contribution in [2.24, 2.45) is 4.99 Å². The number of hydrogen-bond acceptors (Lipinski definition) is 3. The van der Waals surface area contributed by atoms with Crippen LogP contribution in [0.3, 0.4) is 0 Å². The van der Waals surface area contributed by atoms with Crippen LogP contribution in [0.15, 0.2) is 17.4 Å². The standard InChI is InChI=1S/C8H13N3/c1-2-6-10(5-1)11-7-3-9-4-8-11/h3-4,7H,1-2,5-6,8H2. The minimum absolute atomic E-state index is 0.941. The average Bonchev–Trinajstić information content (AvgIpc) is 2.58. The Labute approximate surface area is 67.0 Å². The molecule has 0 aliphatic carbocycles. The van der Waals surface area contributed by atoms with Crippen LogP contribution in [-0.2, 0) is 0 Å². The molecule has 0 aromatic heterocycles. The lowest BCUT2D eigenvalue weighted by Gasteiger charge is -2.29. The van der Waals surface area contributed by atoms with Crippen LogP contribution in [0.2, 0.25) is 0 Å². The van der Waals surface area contributed by atoms with E-state index in [0.717, 1.165) is 6.54 Å². The SMILES string of the molecule is C1=CN(N2CCCC2)CC=N1. The first-order chi connectivity index (χ1) is 5.47. The summed E-state index contributed by atoms with van der Waals surface area (Å²) >= 11 is 0. The third-order valence-electron chi connectivity index (χ3n) is 2.14. The van der Waals surface area contributed by atoms with Crippen LogP contribution in [0.4, 0.5) is 0 Å². The lowest BCUT2D eigenvalue weighted by atomic mass is 10.4. The fraction of sp³-hybridized carbons (Fsp3) is 0.625. The summed E-state index contributed by atoms with van der Waals surface area (Å²) in [5.41, 5.74) is 0. The summed E-state index contributed by atoms with van der Waals surface area (Å²) in [4.78, 5) is 4.02. The summed E-state index contributed by atoms with van der Waals surface area (Å²) in [5, 5.41) is 4.61. The Hall–Kier alpha value is -0.830. The second kappa shape index (κ2) is 3.05. The van der Waals surface area contributed by atoms with E-state index in [0.29, 0.717) is 0 Å². The molecule has 60 valence electrons. The van der Waals surface area contributed by atoms with E-state index >= 15 is 0 Å². The van der Waals surface area contributed by atoms with Crippen LogP contribution in [0.5, 0.6) is 0 Å². The van der Waals surface area contributed by atoms with Gasteiger partial charge in [0, 0.05) is 31.7 Å². The molecule has 0 radical (unpaired) electrons. The molecular weight excluding hydrogens is 138 g/mol. The molecule has 0 amide bonds. The molecule has 11 heavy (non-hydrogen) atoms. The molecule has 2 aliphatic rings. The monoisotopic (exact) mass is 151 g/mol. The highest BCUT2D eigenvalue weighted by Gasteiger charge is 2.16. The second-order valence-corrected chi connectivity index (χ2v) is 2.91. The van der Waals surface area contributed by atoms with E-state index in [1.54, 1.807) is 0 Å². The molecule has 3 heteroatoms. The lowest BCUT2D eigenvalue weighted by Crippen LogP contribution is -2.38. The quantitative estimate of drug-likeness (QED) is 0.553. The van der Waals surface area contributed by atoms with Crippen molar-refractivity contribution in [3.63, 3.8) is 0 Å². The van der Waals surface area contributed by atoms with Crippen LogP contribution in [0.1, 0.15) is 12.8 Å². The molecule has 2 heterocycles. The van der Waals surface area contributed by atoms with Crippen molar-refractivity contribution < 1.29 is 0 Å². The summed E-state index contributed by atoms with van der Waals surface area (Å²) in [7, 11) is 0. The maximum absolute atomic E-state index is 4.02. The van der Waals surface area contributed by atoms with Crippen molar-refractivity contribution in [1.82, 2.24) is 10.0 Å². The Morgan fingerprint density at radius 1 is 1.18 bits per heavy atom. The molecule has 0 aromatic rings. The predicted molar refractivity (Wildman–Crippen MR) is 45.1 cm³/mol. The van der Waals surface area contributed by atoms with E-state index < -0.39 is 0 Å². The van der Waals surface area contributed by atoms with E-state index in [9.17, 15) is 0 Å². The fourth-order valence-corrected chi connectivity index (χ4v) is 1.54. The van der Waals surface area contributed by atoms with Gasteiger partial charge in [0.15, 0.2) is 0 Å². The van der Waals surface area contributed by atoms with Crippen LogP contribution in [0.25, 0.3) is 0 Å². The van der Waals surface area contributed by atoms with Gasteiger partial charge in [-0.1, -0.05) is 0 Å². The zero-order chi connectivity index (χ0) is 7.52. The molecule has 0 atom stereocenters. The number of nitrogens with zero attached hydrogens (tertiary/aromatic N) is 3. The topological polar surface area (TPSA) is 18.8 Å². The van der Waals surface area contributed by atoms with Crippen molar-refractivity contribution in [3.8, 4) is 0 Å². The van der Waals surface area contributed by atoms with Gasteiger partial charge in [-0.3, -0.25) is 4.99 Å². The molecule has 0 saturated carbocycles. The third-order valence-corrected chi connectivity index (χ3v) is 2.14. The first-order valence-corrected chi connectivity index (χ1v) is 4.16.